The summed E-state index contributed by atoms with van der Waals surface area (Å²) in [6.07, 6.45) is 13.4. The summed E-state index contributed by atoms with van der Waals surface area (Å²) in [6.45, 7) is 3.49. The number of hydrogen-bond acceptors (Lipinski definition) is 4. The first-order chi connectivity index (χ1) is 17.6. The molecule has 0 spiro atoms. The highest BCUT2D eigenvalue weighted by Crippen LogP contribution is 2.56. The molecule has 36 heavy (non-hydrogen) atoms. The molecule has 194 valence electrons. The molecule has 4 nitrogen and oxygen atoms in total. The zero-order valence-electron chi connectivity index (χ0n) is 22.2. The Morgan fingerprint density at radius 3 is 2.33 bits per heavy atom. The van der Waals surface area contributed by atoms with Crippen molar-refractivity contribution in [2.75, 3.05) is 25.6 Å². The fourth-order valence-corrected chi connectivity index (χ4v) is 8.26. The quantitative estimate of drug-likeness (QED) is 0.358. The molecule has 2 aromatic rings. The first-order valence-corrected chi connectivity index (χ1v) is 14.5. The molecule has 4 saturated carbocycles. The number of fused-ring (bicyclic) bond motifs is 1. The molecular formula is C32H44N2O2. The Balaban J connectivity index is 1.20. The number of anilines is 1. The van der Waals surface area contributed by atoms with E-state index < -0.39 is 0 Å². The van der Waals surface area contributed by atoms with Crippen molar-refractivity contribution in [1.82, 2.24) is 5.32 Å². The minimum absolute atomic E-state index is 0.234. The van der Waals surface area contributed by atoms with Crippen molar-refractivity contribution in [3.05, 3.63) is 59.2 Å². The fraction of sp³-hybridized carbons (Fsp3) is 0.625. The average molecular weight is 489 g/mol. The molecule has 0 saturated heterocycles. The SMILES string of the molecule is CCCC[C@H]1Cc2cc(OCCOC)ccc2[C@H](c2ccc(NC34CC5CC(CC(C5)C3)C4)cc2)N1. The highest BCUT2D eigenvalue weighted by molar-refractivity contribution is 5.51. The Bertz CT molecular complexity index is 998. The van der Waals surface area contributed by atoms with Crippen LogP contribution in [0.25, 0.3) is 0 Å². The summed E-state index contributed by atoms with van der Waals surface area (Å²) in [5.74, 6) is 3.86. The van der Waals surface area contributed by atoms with Gasteiger partial charge in [-0.2, -0.15) is 0 Å². The Hall–Kier alpha value is -2.04. The molecule has 4 bridgehead atoms. The van der Waals surface area contributed by atoms with Crippen LogP contribution < -0.4 is 15.4 Å². The Labute approximate surface area is 217 Å². The van der Waals surface area contributed by atoms with Gasteiger partial charge in [-0.05, 0) is 110 Å². The van der Waals surface area contributed by atoms with E-state index >= 15 is 0 Å². The van der Waals surface area contributed by atoms with Gasteiger partial charge in [-0.3, -0.25) is 0 Å². The molecule has 4 fully saturated rings. The molecule has 5 aliphatic rings. The van der Waals surface area contributed by atoms with Gasteiger partial charge >= 0.3 is 0 Å². The first-order valence-electron chi connectivity index (χ1n) is 14.5. The van der Waals surface area contributed by atoms with Crippen LogP contribution in [0.4, 0.5) is 5.69 Å². The maximum Gasteiger partial charge on any atom is 0.119 e. The standard InChI is InChI=1S/C32H44N2O2/c1-3-4-5-28-17-26-18-29(36-13-12-35-2)10-11-30(26)31(33-28)25-6-8-27(9-7-25)34-32-19-22-14-23(20-32)16-24(15-22)21-32/h6-11,18,22-24,28,31,33-34H,3-5,12-17,19-21H2,1-2H3/t22?,23?,24?,28-,31-,32?/m0/s1. The summed E-state index contributed by atoms with van der Waals surface area (Å²) in [5, 5.41) is 8.05. The van der Waals surface area contributed by atoms with E-state index in [0.717, 1.165) is 29.9 Å². The smallest absolute Gasteiger partial charge is 0.119 e. The molecular weight excluding hydrogens is 444 g/mol. The van der Waals surface area contributed by atoms with Crippen molar-refractivity contribution in [3.8, 4) is 5.75 Å². The summed E-state index contributed by atoms with van der Waals surface area (Å²) >= 11 is 0. The number of nitrogens with one attached hydrogen (secondary N) is 2. The lowest BCUT2D eigenvalue weighted by Crippen LogP contribution is -2.54. The van der Waals surface area contributed by atoms with Gasteiger partial charge in [0.1, 0.15) is 12.4 Å². The lowest BCUT2D eigenvalue weighted by atomic mass is 9.53. The second-order valence-corrected chi connectivity index (χ2v) is 12.3. The van der Waals surface area contributed by atoms with Gasteiger partial charge in [0.2, 0.25) is 0 Å². The minimum Gasteiger partial charge on any atom is -0.491 e. The van der Waals surface area contributed by atoms with Crippen LogP contribution in [-0.2, 0) is 11.2 Å². The third-order valence-corrected chi connectivity index (χ3v) is 9.45. The third-order valence-electron chi connectivity index (χ3n) is 9.45. The zero-order valence-corrected chi connectivity index (χ0v) is 22.2. The highest BCUT2D eigenvalue weighted by atomic mass is 16.5. The summed E-state index contributed by atoms with van der Waals surface area (Å²) in [5.41, 5.74) is 5.84. The van der Waals surface area contributed by atoms with Gasteiger partial charge in [0.15, 0.2) is 0 Å². The van der Waals surface area contributed by atoms with Crippen molar-refractivity contribution in [3.63, 3.8) is 0 Å². The van der Waals surface area contributed by atoms with E-state index in [0.29, 0.717) is 24.8 Å². The van der Waals surface area contributed by atoms with Crippen LogP contribution in [0.15, 0.2) is 42.5 Å². The summed E-state index contributed by atoms with van der Waals surface area (Å²) in [4.78, 5) is 0. The summed E-state index contributed by atoms with van der Waals surface area (Å²) < 4.78 is 11.1. The van der Waals surface area contributed by atoms with Gasteiger partial charge in [0, 0.05) is 24.4 Å². The van der Waals surface area contributed by atoms with E-state index in [4.69, 9.17) is 9.47 Å². The van der Waals surface area contributed by atoms with Crippen LogP contribution in [0.3, 0.4) is 0 Å². The van der Waals surface area contributed by atoms with Crippen molar-refractivity contribution in [1.29, 1.82) is 0 Å². The molecule has 0 radical (unpaired) electrons. The van der Waals surface area contributed by atoms with Crippen LogP contribution in [0.2, 0.25) is 0 Å². The second kappa shape index (κ2) is 10.4. The van der Waals surface area contributed by atoms with Gasteiger partial charge in [-0.25, -0.2) is 0 Å². The van der Waals surface area contributed by atoms with Crippen LogP contribution in [0, 0.1) is 17.8 Å². The van der Waals surface area contributed by atoms with E-state index in [1.807, 2.05) is 0 Å². The molecule has 0 amide bonds. The number of methoxy groups -OCH3 is 1. The predicted molar refractivity (Wildman–Crippen MR) is 147 cm³/mol. The molecule has 0 aromatic heterocycles. The molecule has 2 atom stereocenters. The topological polar surface area (TPSA) is 42.5 Å². The maximum absolute atomic E-state index is 5.95. The molecule has 4 heteroatoms. The molecule has 2 aromatic carbocycles. The molecule has 0 unspecified atom stereocenters. The van der Waals surface area contributed by atoms with E-state index in [1.165, 1.54) is 80.2 Å². The highest BCUT2D eigenvalue weighted by Gasteiger charge is 2.50. The van der Waals surface area contributed by atoms with Gasteiger partial charge in [0.05, 0.1) is 12.6 Å². The zero-order chi connectivity index (χ0) is 24.5. The number of unbranched alkanes of at least 4 members (excludes halogenated alkanes) is 1. The number of ether oxygens (including phenoxy) is 2. The lowest BCUT2D eigenvalue weighted by molar-refractivity contribution is 0.0107. The summed E-state index contributed by atoms with van der Waals surface area (Å²) in [6, 6.07) is 16.8. The van der Waals surface area contributed by atoms with Crippen LogP contribution >= 0.6 is 0 Å². The molecule has 1 aliphatic heterocycles. The Morgan fingerprint density at radius 1 is 0.944 bits per heavy atom. The predicted octanol–water partition coefficient (Wildman–Crippen LogP) is 6.89. The Kier molecular flexibility index (Phi) is 7.01. The van der Waals surface area contributed by atoms with E-state index in [1.54, 1.807) is 7.11 Å². The molecule has 7 rings (SSSR count). The van der Waals surface area contributed by atoms with Gasteiger partial charge in [-0.1, -0.05) is 38.0 Å². The van der Waals surface area contributed by atoms with Gasteiger partial charge < -0.3 is 20.1 Å². The molecule has 2 N–H and O–H groups in total. The van der Waals surface area contributed by atoms with E-state index in [9.17, 15) is 0 Å². The number of benzene rings is 2. The lowest BCUT2D eigenvalue weighted by Gasteiger charge is -2.57. The molecule has 1 heterocycles. The number of rotatable bonds is 10. The normalized spacial score (nSPS) is 32.3. The van der Waals surface area contributed by atoms with Crippen LogP contribution in [-0.4, -0.2) is 31.9 Å². The Morgan fingerprint density at radius 2 is 1.67 bits per heavy atom. The van der Waals surface area contributed by atoms with E-state index in [2.05, 4.69) is 60.0 Å². The third kappa shape index (κ3) is 5.04. The average Bonchev–Trinajstić information content (AvgIpc) is 2.86. The van der Waals surface area contributed by atoms with Crippen molar-refractivity contribution in [2.24, 2.45) is 17.8 Å². The van der Waals surface area contributed by atoms with Crippen molar-refractivity contribution >= 4 is 5.69 Å². The van der Waals surface area contributed by atoms with Crippen molar-refractivity contribution < 1.29 is 9.47 Å². The maximum atomic E-state index is 5.95. The van der Waals surface area contributed by atoms with Gasteiger partial charge in [-0.15, -0.1) is 0 Å². The number of hydrogen-bond donors (Lipinski definition) is 2. The first kappa shape index (κ1) is 24.3. The minimum atomic E-state index is 0.234. The fourth-order valence-electron chi connectivity index (χ4n) is 8.26. The van der Waals surface area contributed by atoms with Crippen LogP contribution in [0.1, 0.15) is 87.4 Å². The largest absolute Gasteiger partial charge is 0.491 e. The van der Waals surface area contributed by atoms with E-state index in [-0.39, 0.29) is 6.04 Å². The van der Waals surface area contributed by atoms with Crippen molar-refractivity contribution in [2.45, 2.75) is 88.8 Å². The monoisotopic (exact) mass is 488 g/mol. The van der Waals surface area contributed by atoms with Crippen LogP contribution in [0.5, 0.6) is 5.75 Å². The summed E-state index contributed by atoms with van der Waals surface area (Å²) in [7, 11) is 1.72. The van der Waals surface area contributed by atoms with Gasteiger partial charge in [0.25, 0.3) is 0 Å². The second-order valence-electron chi connectivity index (χ2n) is 12.3. The molecule has 4 aliphatic carbocycles.